The lowest BCUT2D eigenvalue weighted by atomic mass is 10.1. The van der Waals surface area contributed by atoms with Crippen LogP contribution in [0.15, 0.2) is 40.0 Å². The number of aromatic nitrogens is 2. The van der Waals surface area contributed by atoms with Crippen LogP contribution in [-0.4, -0.2) is 72.3 Å². The van der Waals surface area contributed by atoms with E-state index in [9.17, 15) is 23.3 Å². The number of ether oxygens (including phenoxy) is 1. The highest BCUT2D eigenvalue weighted by Crippen LogP contribution is 2.33. The Morgan fingerprint density at radius 2 is 1.92 bits per heavy atom. The van der Waals surface area contributed by atoms with Gasteiger partial charge in [0.1, 0.15) is 16.6 Å². The number of nitrogens with one attached hydrogen (secondary N) is 1. The molecule has 3 aromatic rings. The van der Waals surface area contributed by atoms with Gasteiger partial charge in [0.25, 0.3) is 11.2 Å². The Balaban J connectivity index is 1.83. The molecule has 0 amide bonds. The van der Waals surface area contributed by atoms with Gasteiger partial charge in [-0.15, -0.1) is 0 Å². The van der Waals surface area contributed by atoms with Crippen molar-refractivity contribution in [1.82, 2.24) is 19.2 Å². The molecule has 1 aromatic heterocycles. The molecule has 0 spiro atoms. The Kier molecular flexibility index (Phi) is 7.59. The lowest BCUT2D eigenvalue weighted by molar-refractivity contribution is -0.384. The van der Waals surface area contributed by atoms with E-state index in [1.165, 1.54) is 22.5 Å². The minimum Gasteiger partial charge on any atom is -0.493 e. The van der Waals surface area contributed by atoms with Gasteiger partial charge in [-0.1, -0.05) is 24.9 Å². The summed E-state index contributed by atoms with van der Waals surface area (Å²) in [6.07, 6.45) is 1.68. The van der Waals surface area contributed by atoms with Crippen LogP contribution in [-0.2, 0) is 10.0 Å². The van der Waals surface area contributed by atoms with Gasteiger partial charge in [-0.05, 0) is 37.7 Å². The van der Waals surface area contributed by atoms with E-state index in [1.54, 1.807) is 6.07 Å². The van der Waals surface area contributed by atoms with Crippen LogP contribution in [0.1, 0.15) is 19.8 Å². The molecule has 4 rings (SSSR count). The fraction of sp³-hybridized carbons (Fsp3) is 0.391. The average Bonchev–Trinajstić information content (AvgIpc) is 2.84. The summed E-state index contributed by atoms with van der Waals surface area (Å²) in [5.74, 6) is 0.427. The molecule has 0 unspecified atom stereocenters. The molecule has 0 saturated carbocycles. The van der Waals surface area contributed by atoms with E-state index in [0.29, 0.717) is 38.5 Å². The van der Waals surface area contributed by atoms with Gasteiger partial charge in [0.05, 0.1) is 32.9 Å². The normalized spacial score (nSPS) is 15.3. The second kappa shape index (κ2) is 10.5. The summed E-state index contributed by atoms with van der Waals surface area (Å²) < 4.78 is 34.1. The van der Waals surface area contributed by atoms with Crippen molar-refractivity contribution in [2.75, 3.05) is 39.8 Å². The highest BCUT2D eigenvalue weighted by Gasteiger charge is 2.29. The molecule has 0 radical (unpaired) electrons. The average molecular weight is 536 g/mol. The van der Waals surface area contributed by atoms with Gasteiger partial charge in [-0.25, -0.2) is 13.4 Å². The standard InChI is InChI=1S/C23H26ClN5O6S/c1-3-4-11-35-21-6-5-15(36(33,34)28-9-7-27(2)8-10-28)12-17(21)22-25-19-14-18(24)20(29(31)32)13-16(19)23(30)26-22/h5-6,12-14H,3-4,7-11H2,1-2H3,(H,25,26,30). The third-order valence-electron chi connectivity index (χ3n) is 6.03. The third-order valence-corrected chi connectivity index (χ3v) is 8.23. The largest absolute Gasteiger partial charge is 0.493 e. The highest BCUT2D eigenvalue weighted by atomic mass is 35.5. The first-order valence-corrected chi connectivity index (χ1v) is 13.3. The number of nitro groups is 1. The van der Waals surface area contributed by atoms with Crippen LogP contribution in [0.5, 0.6) is 5.75 Å². The topological polar surface area (TPSA) is 139 Å². The fourth-order valence-corrected chi connectivity index (χ4v) is 5.58. The minimum absolute atomic E-state index is 0.00971. The molecule has 1 aliphatic heterocycles. The first-order valence-electron chi connectivity index (χ1n) is 11.5. The van der Waals surface area contributed by atoms with Gasteiger partial charge < -0.3 is 14.6 Å². The lowest BCUT2D eigenvalue weighted by Gasteiger charge is -2.31. The maximum absolute atomic E-state index is 13.4. The summed E-state index contributed by atoms with van der Waals surface area (Å²) in [6.45, 7) is 4.38. The van der Waals surface area contributed by atoms with E-state index in [2.05, 4.69) is 14.9 Å². The Labute approximate surface area is 212 Å². The Morgan fingerprint density at radius 1 is 1.19 bits per heavy atom. The number of aromatic amines is 1. The van der Waals surface area contributed by atoms with E-state index in [0.717, 1.165) is 18.9 Å². The number of likely N-dealkylation sites (N-methyl/N-ethyl adjacent to an activating group) is 1. The van der Waals surface area contributed by atoms with Crippen molar-refractivity contribution < 1.29 is 18.1 Å². The molecular formula is C23H26ClN5O6S. The number of nitrogens with zero attached hydrogens (tertiary/aromatic N) is 4. The van der Waals surface area contributed by atoms with E-state index in [1.807, 2.05) is 14.0 Å². The number of H-pyrrole nitrogens is 1. The molecule has 0 bridgehead atoms. The smallest absolute Gasteiger partial charge is 0.288 e. The summed E-state index contributed by atoms with van der Waals surface area (Å²) in [4.78, 5) is 32.6. The number of sulfonamides is 1. The van der Waals surface area contributed by atoms with Crippen molar-refractivity contribution >= 4 is 38.2 Å². The summed E-state index contributed by atoms with van der Waals surface area (Å²) in [7, 11) is -1.86. The predicted octanol–water partition coefficient (Wildman–Crippen LogP) is 3.27. The number of piperazine rings is 1. The number of nitro benzene ring substituents is 1. The number of halogens is 1. The Morgan fingerprint density at radius 3 is 2.58 bits per heavy atom. The summed E-state index contributed by atoms with van der Waals surface area (Å²) >= 11 is 6.04. The first-order chi connectivity index (χ1) is 17.1. The summed E-state index contributed by atoms with van der Waals surface area (Å²) in [5.41, 5.74) is -0.611. The van der Waals surface area contributed by atoms with Gasteiger partial charge in [0.15, 0.2) is 0 Å². The number of benzene rings is 2. The van der Waals surface area contributed by atoms with E-state index in [-0.39, 0.29) is 32.2 Å². The van der Waals surface area contributed by atoms with E-state index < -0.39 is 26.2 Å². The maximum atomic E-state index is 13.4. The van der Waals surface area contributed by atoms with Gasteiger partial charge >= 0.3 is 0 Å². The first kappa shape index (κ1) is 26.0. The van der Waals surface area contributed by atoms with E-state index in [4.69, 9.17) is 16.3 Å². The molecule has 36 heavy (non-hydrogen) atoms. The molecule has 1 fully saturated rings. The molecule has 1 N–H and O–H groups in total. The number of unbranched alkanes of at least 4 members (excludes halogenated alkanes) is 1. The van der Waals surface area contributed by atoms with Gasteiger partial charge in [-0.2, -0.15) is 4.31 Å². The fourth-order valence-electron chi connectivity index (χ4n) is 3.90. The molecule has 2 aromatic carbocycles. The summed E-state index contributed by atoms with van der Waals surface area (Å²) in [6, 6.07) is 6.79. The zero-order valence-electron chi connectivity index (χ0n) is 19.9. The van der Waals surface area contributed by atoms with Crippen molar-refractivity contribution in [3.63, 3.8) is 0 Å². The molecule has 192 valence electrons. The Bertz CT molecular complexity index is 1470. The van der Waals surface area contributed by atoms with Gasteiger partial charge in [-0.3, -0.25) is 14.9 Å². The second-order valence-electron chi connectivity index (χ2n) is 8.56. The molecule has 2 heterocycles. The second-order valence-corrected chi connectivity index (χ2v) is 10.9. The summed E-state index contributed by atoms with van der Waals surface area (Å²) in [5, 5.41) is 11.0. The molecule has 0 atom stereocenters. The van der Waals surface area contributed by atoms with Crippen molar-refractivity contribution in [2.45, 2.75) is 24.7 Å². The van der Waals surface area contributed by atoms with Crippen molar-refractivity contribution in [1.29, 1.82) is 0 Å². The monoisotopic (exact) mass is 535 g/mol. The van der Waals surface area contributed by atoms with Crippen LogP contribution in [0, 0.1) is 10.1 Å². The molecule has 0 aliphatic carbocycles. The van der Waals surface area contributed by atoms with Crippen molar-refractivity contribution in [3.8, 4) is 17.1 Å². The van der Waals surface area contributed by atoms with Crippen LogP contribution in [0.2, 0.25) is 5.02 Å². The number of hydrogen-bond acceptors (Lipinski definition) is 8. The quantitative estimate of drug-likeness (QED) is 0.263. The molecule has 11 nitrogen and oxygen atoms in total. The zero-order valence-corrected chi connectivity index (χ0v) is 21.4. The zero-order chi connectivity index (χ0) is 26.0. The highest BCUT2D eigenvalue weighted by molar-refractivity contribution is 7.89. The number of rotatable bonds is 8. The molecule has 1 saturated heterocycles. The minimum atomic E-state index is -3.80. The molecular weight excluding hydrogens is 510 g/mol. The number of fused-ring (bicyclic) bond motifs is 1. The van der Waals surface area contributed by atoms with Crippen molar-refractivity contribution in [2.24, 2.45) is 0 Å². The van der Waals surface area contributed by atoms with Crippen LogP contribution in [0.25, 0.3) is 22.3 Å². The molecule has 13 heteroatoms. The third kappa shape index (κ3) is 5.21. The van der Waals surface area contributed by atoms with Crippen LogP contribution in [0.3, 0.4) is 0 Å². The van der Waals surface area contributed by atoms with Crippen LogP contribution in [0.4, 0.5) is 5.69 Å². The van der Waals surface area contributed by atoms with E-state index >= 15 is 0 Å². The maximum Gasteiger partial charge on any atom is 0.288 e. The SMILES string of the molecule is CCCCOc1ccc(S(=O)(=O)N2CCN(C)CC2)cc1-c1nc2cc(Cl)c([N+](=O)[O-])cc2c(=O)[nH]1. The van der Waals surface area contributed by atoms with Gasteiger partial charge in [0, 0.05) is 32.2 Å². The van der Waals surface area contributed by atoms with Crippen LogP contribution >= 0.6 is 11.6 Å². The Hall–Kier alpha value is -3.06. The number of hydrogen-bond donors (Lipinski definition) is 1. The predicted molar refractivity (Wildman–Crippen MR) is 136 cm³/mol. The molecule has 1 aliphatic rings. The van der Waals surface area contributed by atoms with Crippen LogP contribution < -0.4 is 10.3 Å². The van der Waals surface area contributed by atoms with Crippen molar-refractivity contribution in [3.05, 3.63) is 55.8 Å². The van der Waals surface area contributed by atoms with Gasteiger partial charge in [0.2, 0.25) is 10.0 Å². The lowest BCUT2D eigenvalue weighted by Crippen LogP contribution is -2.47.